The van der Waals surface area contributed by atoms with Gasteiger partial charge in [0.15, 0.2) is 5.76 Å². The second-order valence-electron chi connectivity index (χ2n) is 8.51. The van der Waals surface area contributed by atoms with E-state index < -0.39 is 17.9 Å². The van der Waals surface area contributed by atoms with Gasteiger partial charge < -0.3 is 15.1 Å². The van der Waals surface area contributed by atoms with Crippen molar-refractivity contribution in [1.29, 1.82) is 0 Å². The lowest BCUT2D eigenvalue weighted by Crippen LogP contribution is -2.49. The highest BCUT2D eigenvalue weighted by Gasteiger charge is 2.35. The van der Waals surface area contributed by atoms with Crippen molar-refractivity contribution in [3.8, 4) is 0 Å². The van der Waals surface area contributed by atoms with Crippen LogP contribution in [-0.4, -0.2) is 30.3 Å². The number of aryl methyl sites for hydroxylation is 1. The highest BCUT2D eigenvalue weighted by molar-refractivity contribution is 6.04. The lowest BCUT2D eigenvalue weighted by atomic mass is 9.97. The molecular formula is C27H29N3O4. The number of hydrogen-bond acceptors (Lipinski definition) is 4. The van der Waals surface area contributed by atoms with Crippen LogP contribution in [0.15, 0.2) is 77.4 Å². The monoisotopic (exact) mass is 459 g/mol. The topological polar surface area (TPSA) is 91.7 Å². The van der Waals surface area contributed by atoms with Crippen LogP contribution >= 0.6 is 0 Å². The molecule has 7 heteroatoms. The number of furan rings is 1. The van der Waals surface area contributed by atoms with E-state index >= 15 is 0 Å². The van der Waals surface area contributed by atoms with Crippen molar-refractivity contribution in [2.24, 2.45) is 0 Å². The molecule has 7 nitrogen and oxygen atoms in total. The Morgan fingerprint density at radius 1 is 0.971 bits per heavy atom. The minimum Gasteiger partial charge on any atom is -0.459 e. The van der Waals surface area contributed by atoms with Gasteiger partial charge in [0.1, 0.15) is 6.04 Å². The average molecular weight is 460 g/mol. The van der Waals surface area contributed by atoms with Crippen LogP contribution in [0.4, 0.5) is 5.69 Å². The fourth-order valence-corrected chi connectivity index (χ4v) is 4.40. The number of anilines is 1. The summed E-state index contributed by atoms with van der Waals surface area (Å²) in [4.78, 5) is 41.1. The molecule has 1 heterocycles. The molecule has 1 atom stereocenters. The zero-order valence-corrected chi connectivity index (χ0v) is 19.2. The van der Waals surface area contributed by atoms with Crippen LogP contribution in [0, 0.1) is 6.92 Å². The van der Waals surface area contributed by atoms with Gasteiger partial charge in [0.2, 0.25) is 11.8 Å². The summed E-state index contributed by atoms with van der Waals surface area (Å²) in [5, 5.41) is 5.77. The normalized spacial score (nSPS) is 14.4. The Labute approximate surface area is 199 Å². The van der Waals surface area contributed by atoms with Crippen molar-refractivity contribution in [3.05, 3.63) is 89.9 Å². The van der Waals surface area contributed by atoms with Crippen LogP contribution in [-0.2, 0) is 9.59 Å². The minimum absolute atomic E-state index is 0.102. The summed E-state index contributed by atoms with van der Waals surface area (Å²) in [6.45, 7) is 1.64. The smallest absolute Gasteiger partial charge is 0.287 e. The maximum Gasteiger partial charge on any atom is 0.287 e. The zero-order chi connectivity index (χ0) is 23.9. The van der Waals surface area contributed by atoms with E-state index in [1.54, 1.807) is 18.2 Å². The molecule has 3 aromatic rings. The predicted molar refractivity (Wildman–Crippen MR) is 129 cm³/mol. The summed E-state index contributed by atoms with van der Waals surface area (Å²) in [6.07, 6.45) is 5.43. The minimum atomic E-state index is -0.878. The fourth-order valence-electron chi connectivity index (χ4n) is 4.40. The van der Waals surface area contributed by atoms with Crippen molar-refractivity contribution >= 4 is 23.4 Å². The Morgan fingerprint density at radius 3 is 2.35 bits per heavy atom. The van der Waals surface area contributed by atoms with Gasteiger partial charge in [-0.25, -0.2) is 0 Å². The third-order valence-corrected chi connectivity index (χ3v) is 6.14. The van der Waals surface area contributed by atoms with E-state index in [9.17, 15) is 14.4 Å². The van der Waals surface area contributed by atoms with E-state index in [4.69, 9.17) is 4.42 Å². The van der Waals surface area contributed by atoms with Crippen molar-refractivity contribution in [2.45, 2.75) is 44.7 Å². The summed E-state index contributed by atoms with van der Waals surface area (Å²) >= 11 is 0. The van der Waals surface area contributed by atoms with Gasteiger partial charge in [-0.1, -0.05) is 55.3 Å². The Balaban J connectivity index is 1.67. The van der Waals surface area contributed by atoms with Gasteiger partial charge in [-0.3, -0.25) is 19.3 Å². The van der Waals surface area contributed by atoms with Gasteiger partial charge in [0, 0.05) is 11.7 Å². The molecule has 176 valence electrons. The second kappa shape index (κ2) is 10.8. The highest BCUT2D eigenvalue weighted by Crippen LogP contribution is 2.30. The molecule has 2 N–H and O–H groups in total. The maximum atomic E-state index is 13.7. The molecule has 2 aromatic carbocycles. The van der Waals surface area contributed by atoms with E-state index in [1.165, 1.54) is 17.2 Å². The number of carbonyl (C=O) groups is 3. The maximum absolute atomic E-state index is 13.7. The molecule has 1 unspecified atom stereocenters. The van der Waals surface area contributed by atoms with Gasteiger partial charge in [0.25, 0.3) is 5.91 Å². The van der Waals surface area contributed by atoms with Gasteiger partial charge in [0.05, 0.1) is 12.8 Å². The first kappa shape index (κ1) is 23.3. The molecule has 1 aliphatic rings. The van der Waals surface area contributed by atoms with Gasteiger partial charge in [-0.2, -0.15) is 0 Å². The third kappa shape index (κ3) is 5.36. The van der Waals surface area contributed by atoms with Crippen LogP contribution in [0.2, 0.25) is 0 Å². The van der Waals surface area contributed by atoms with Gasteiger partial charge in [-0.15, -0.1) is 0 Å². The van der Waals surface area contributed by atoms with E-state index in [-0.39, 0.29) is 24.3 Å². The molecule has 1 saturated carbocycles. The van der Waals surface area contributed by atoms with Crippen LogP contribution < -0.4 is 15.5 Å². The molecule has 0 saturated heterocycles. The van der Waals surface area contributed by atoms with Crippen LogP contribution in [0.3, 0.4) is 0 Å². The first-order valence-corrected chi connectivity index (χ1v) is 11.6. The number of carbonyl (C=O) groups excluding carboxylic acids is 3. The van der Waals surface area contributed by atoms with Crippen LogP contribution in [0.1, 0.15) is 53.4 Å². The molecule has 1 aromatic heterocycles. The first-order valence-electron chi connectivity index (χ1n) is 11.6. The molecule has 0 aliphatic heterocycles. The Kier molecular flexibility index (Phi) is 7.42. The van der Waals surface area contributed by atoms with E-state index in [0.717, 1.165) is 36.8 Å². The number of rotatable bonds is 8. The standard InChI is InChI=1S/C27H29N3O4/c1-19-10-5-8-15-22(19)25(27(33)29-20-11-6-7-12-20)30(21-13-3-2-4-14-21)24(31)18-28-26(32)23-16-9-17-34-23/h2-5,8-10,13-17,20,25H,6-7,11-12,18H2,1H3,(H,28,32)(H,29,33). The summed E-state index contributed by atoms with van der Waals surface area (Å²) in [5.41, 5.74) is 2.23. The molecule has 4 rings (SSSR count). The van der Waals surface area contributed by atoms with Crippen molar-refractivity contribution in [3.63, 3.8) is 0 Å². The lowest BCUT2D eigenvalue weighted by Gasteiger charge is -2.33. The Bertz CT molecular complexity index is 1120. The van der Waals surface area contributed by atoms with Crippen molar-refractivity contribution in [1.82, 2.24) is 10.6 Å². The molecule has 1 aliphatic carbocycles. The van der Waals surface area contributed by atoms with Crippen LogP contribution in [0.5, 0.6) is 0 Å². The SMILES string of the molecule is Cc1ccccc1C(C(=O)NC1CCCC1)N(C(=O)CNC(=O)c1ccco1)c1ccccc1. The lowest BCUT2D eigenvalue weighted by molar-refractivity contribution is -0.126. The summed E-state index contributed by atoms with van der Waals surface area (Å²) in [5.74, 6) is -1.00. The van der Waals surface area contributed by atoms with Crippen LogP contribution in [0.25, 0.3) is 0 Å². The Hall–Kier alpha value is -3.87. The molecule has 0 bridgehead atoms. The third-order valence-electron chi connectivity index (χ3n) is 6.14. The molecule has 0 spiro atoms. The molecular weight excluding hydrogens is 430 g/mol. The fraction of sp³-hybridized carbons (Fsp3) is 0.296. The summed E-state index contributed by atoms with van der Waals surface area (Å²) < 4.78 is 5.12. The van der Waals surface area contributed by atoms with Crippen molar-refractivity contribution in [2.75, 3.05) is 11.4 Å². The van der Waals surface area contributed by atoms with E-state index in [2.05, 4.69) is 10.6 Å². The molecule has 34 heavy (non-hydrogen) atoms. The first-order chi connectivity index (χ1) is 16.5. The average Bonchev–Trinajstić information content (AvgIpc) is 3.56. The number of nitrogens with zero attached hydrogens (tertiary/aromatic N) is 1. The number of para-hydroxylation sites is 1. The molecule has 3 amide bonds. The Morgan fingerprint density at radius 2 is 1.68 bits per heavy atom. The van der Waals surface area contributed by atoms with E-state index in [1.807, 2.05) is 49.4 Å². The highest BCUT2D eigenvalue weighted by atomic mass is 16.3. The van der Waals surface area contributed by atoms with E-state index in [0.29, 0.717) is 5.69 Å². The van der Waals surface area contributed by atoms with Gasteiger partial charge >= 0.3 is 0 Å². The molecule has 1 fully saturated rings. The second-order valence-corrected chi connectivity index (χ2v) is 8.51. The molecule has 0 radical (unpaired) electrons. The quantitative estimate of drug-likeness (QED) is 0.529. The number of nitrogens with one attached hydrogen (secondary N) is 2. The van der Waals surface area contributed by atoms with Crippen molar-refractivity contribution < 1.29 is 18.8 Å². The summed E-state index contributed by atoms with van der Waals surface area (Å²) in [6, 6.07) is 19.0. The number of hydrogen-bond donors (Lipinski definition) is 2. The van der Waals surface area contributed by atoms with Gasteiger partial charge in [-0.05, 0) is 55.2 Å². The number of amides is 3. The summed E-state index contributed by atoms with van der Waals surface area (Å²) in [7, 11) is 0. The zero-order valence-electron chi connectivity index (χ0n) is 19.2. The predicted octanol–water partition coefficient (Wildman–Crippen LogP) is 4.15. The largest absolute Gasteiger partial charge is 0.459 e. The number of benzene rings is 2.